The van der Waals surface area contributed by atoms with Gasteiger partial charge in [-0.3, -0.25) is 19.3 Å². The van der Waals surface area contributed by atoms with Crippen LogP contribution in [-0.4, -0.2) is 43.9 Å². The summed E-state index contributed by atoms with van der Waals surface area (Å²) in [4.78, 5) is 43.5. The van der Waals surface area contributed by atoms with Crippen LogP contribution in [0.4, 0.5) is 5.82 Å². The molecule has 1 aliphatic rings. The Bertz CT molecular complexity index is 1500. The zero-order valence-electron chi connectivity index (χ0n) is 18.1. The number of pyridine rings is 1. The Kier molecular flexibility index (Phi) is 5.11. The van der Waals surface area contributed by atoms with Crippen LogP contribution in [0.15, 0.2) is 60.8 Å². The Hall–Kier alpha value is -4.84. The number of aromatic nitrogens is 3. The molecule has 0 atom stereocenters. The third-order valence-electron chi connectivity index (χ3n) is 5.71. The van der Waals surface area contributed by atoms with Crippen molar-refractivity contribution in [3.05, 3.63) is 83.0 Å². The van der Waals surface area contributed by atoms with Crippen LogP contribution in [0.1, 0.15) is 38.3 Å². The van der Waals surface area contributed by atoms with Crippen molar-refractivity contribution >= 4 is 34.4 Å². The van der Waals surface area contributed by atoms with E-state index >= 15 is 0 Å². The maximum Gasteiger partial charge on any atom is 0.261 e. The average molecular weight is 450 g/mol. The van der Waals surface area contributed by atoms with E-state index in [0.29, 0.717) is 16.9 Å². The van der Waals surface area contributed by atoms with E-state index in [1.807, 2.05) is 43.3 Å². The highest BCUT2D eigenvalue weighted by molar-refractivity contribution is 6.21. The molecule has 0 aliphatic carbocycles. The molecule has 3 amide bonds. The lowest BCUT2D eigenvalue weighted by Gasteiger charge is -2.14. The molecule has 9 heteroatoms. The van der Waals surface area contributed by atoms with E-state index in [4.69, 9.17) is 0 Å². The molecule has 3 heterocycles. The molecule has 1 aliphatic heterocycles. The largest absolute Gasteiger partial charge is 0.309 e. The standard InChI is InChI=1S/C25H18N6O3/c1-15-12-21(28-20-9-5-4-6-17(15)20)31-23(16(13-26)14-27-31)29-22(32)10-11-30-24(33)18-7-2-3-8-19(18)25(30)34/h2-9,12,14H,10-11H2,1H3,(H,29,32). The van der Waals surface area contributed by atoms with Crippen molar-refractivity contribution in [3.63, 3.8) is 0 Å². The van der Waals surface area contributed by atoms with Gasteiger partial charge in [-0.25, -0.2) is 4.98 Å². The molecule has 34 heavy (non-hydrogen) atoms. The van der Waals surface area contributed by atoms with Crippen LogP contribution in [0.5, 0.6) is 0 Å². The van der Waals surface area contributed by atoms with E-state index in [-0.39, 0.29) is 24.3 Å². The highest BCUT2D eigenvalue weighted by Crippen LogP contribution is 2.25. The van der Waals surface area contributed by atoms with Gasteiger partial charge in [0.1, 0.15) is 11.6 Å². The second kappa shape index (κ2) is 8.26. The summed E-state index contributed by atoms with van der Waals surface area (Å²) in [6.45, 7) is 1.87. The van der Waals surface area contributed by atoms with Crippen molar-refractivity contribution in [2.45, 2.75) is 13.3 Å². The maximum absolute atomic E-state index is 12.8. The van der Waals surface area contributed by atoms with Crippen LogP contribution >= 0.6 is 0 Å². The quantitative estimate of drug-likeness (QED) is 0.466. The second-order valence-electron chi connectivity index (χ2n) is 7.85. The number of imide groups is 1. The highest BCUT2D eigenvalue weighted by atomic mass is 16.2. The van der Waals surface area contributed by atoms with Gasteiger partial charge in [0.15, 0.2) is 11.6 Å². The molecular formula is C25H18N6O3. The Morgan fingerprint density at radius 3 is 2.44 bits per heavy atom. The predicted molar refractivity (Wildman–Crippen MR) is 123 cm³/mol. The van der Waals surface area contributed by atoms with Crippen molar-refractivity contribution in [1.29, 1.82) is 5.26 Å². The number of hydrogen-bond acceptors (Lipinski definition) is 6. The number of benzene rings is 2. The van der Waals surface area contributed by atoms with Crippen LogP contribution in [0, 0.1) is 18.3 Å². The van der Waals surface area contributed by atoms with Gasteiger partial charge in [0.2, 0.25) is 5.91 Å². The number of anilines is 1. The Balaban J connectivity index is 1.37. The fourth-order valence-corrected chi connectivity index (χ4v) is 4.01. The van der Waals surface area contributed by atoms with Gasteiger partial charge in [0, 0.05) is 18.4 Å². The molecule has 4 aromatic rings. The molecule has 0 bridgehead atoms. The number of carbonyl (C=O) groups is 3. The second-order valence-corrected chi connectivity index (χ2v) is 7.85. The van der Waals surface area contributed by atoms with Gasteiger partial charge in [-0.15, -0.1) is 0 Å². The number of aryl methyl sites for hydroxylation is 1. The smallest absolute Gasteiger partial charge is 0.261 e. The number of carbonyl (C=O) groups excluding carboxylic acids is 3. The molecule has 0 radical (unpaired) electrons. The Labute approximate surface area is 194 Å². The van der Waals surface area contributed by atoms with Gasteiger partial charge in [-0.2, -0.15) is 15.0 Å². The lowest BCUT2D eigenvalue weighted by atomic mass is 10.1. The minimum atomic E-state index is -0.465. The third-order valence-corrected chi connectivity index (χ3v) is 5.71. The third kappa shape index (κ3) is 3.47. The number of nitrogens with zero attached hydrogens (tertiary/aromatic N) is 5. The zero-order valence-corrected chi connectivity index (χ0v) is 18.1. The normalized spacial score (nSPS) is 12.6. The van der Waals surface area contributed by atoms with E-state index in [0.717, 1.165) is 21.4 Å². The SMILES string of the molecule is Cc1cc(-n2ncc(C#N)c2NC(=O)CCN2C(=O)c3ccccc3C2=O)nc2ccccc12. The molecule has 166 valence electrons. The molecule has 0 spiro atoms. The number of fused-ring (bicyclic) bond motifs is 2. The first kappa shape index (κ1) is 21.0. The van der Waals surface area contributed by atoms with Crippen molar-refractivity contribution in [2.75, 3.05) is 11.9 Å². The first-order valence-corrected chi connectivity index (χ1v) is 10.6. The molecule has 5 rings (SSSR count). The summed E-state index contributed by atoms with van der Waals surface area (Å²) >= 11 is 0. The molecule has 0 saturated heterocycles. The summed E-state index contributed by atoms with van der Waals surface area (Å²) in [6.07, 6.45) is 1.22. The summed E-state index contributed by atoms with van der Waals surface area (Å²) in [6, 6.07) is 18.0. The summed E-state index contributed by atoms with van der Waals surface area (Å²) in [5.74, 6) is -0.684. The first-order valence-electron chi connectivity index (χ1n) is 10.6. The summed E-state index contributed by atoms with van der Waals surface area (Å²) < 4.78 is 1.40. The molecule has 0 saturated carbocycles. The fourth-order valence-electron chi connectivity index (χ4n) is 4.01. The molecule has 0 unspecified atom stereocenters. The number of para-hydroxylation sites is 1. The fraction of sp³-hybridized carbons (Fsp3) is 0.120. The van der Waals surface area contributed by atoms with Crippen molar-refractivity contribution in [2.24, 2.45) is 0 Å². The average Bonchev–Trinajstić information content (AvgIpc) is 3.36. The van der Waals surface area contributed by atoms with E-state index in [1.165, 1.54) is 10.9 Å². The number of hydrogen-bond donors (Lipinski definition) is 1. The predicted octanol–water partition coefficient (Wildman–Crippen LogP) is 3.23. The monoisotopic (exact) mass is 450 g/mol. The topological polar surface area (TPSA) is 121 Å². The van der Waals surface area contributed by atoms with Crippen molar-refractivity contribution in [1.82, 2.24) is 19.7 Å². The van der Waals surface area contributed by atoms with Crippen LogP contribution in [0.25, 0.3) is 16.7 Å². The van der Waals surface area contributed by atoms with Gasteiger partial charge >= 0.3 is 0 Å². The molecule has 9 nitrogen and oxygen atoms in total. The maximum atomic E-state index is 12.8. The van der Waals surface area contributed by atoms with Crippen molar-refractivity contribution < 1.29 is 14.4 Å². The molecule has 0 fully saturated rings. The number of rotatable bonds is 5. The van der Waals surface area contributed by atoms with E-state index < -0.39 is 17.7 Å². The van der Waals surface area contributed by atoms with Gasteiger partial charge < -0.3 is 5.32 Å². The van der Waals surface area contributed by atoms with E-state index in [9.17, 15) is 19.6 Å². The van der Waals surface area contributed by atoms with Gasteiger partial charge in [-0.1, -0.05) is 30.3 Å². The number of nitrogens with one attached hydrogen (secondary N) is 1. The minimum Gasteiger partial charge on any atom is -0.309 e. The summed E-state index contributed by atoms with van der Waals surface area (Å²) in [5, 5.41) is 17.5. The number of amides is 3. The van der Waals surface area contributed by atoms with Crippen LogP contribution in [0.3, 0.4) is 0 Å². The molecule has 2 aromatic carbocycles. The summed E-state index contributed by atoms with van der Waals surface area (Å²) in [7, 11) is 0. The van der Waals surface area contributed by atoms with E-state index in [2.05, 4.69) is 15.4 Å². The Morgan fingerprint density at radius 2 is 1.74 bits per heavy atom. The van der Waals surface area contributed by atoms with Gasteiger partial charge in [0.05, 0.1) is 22.8 Å². The van der Waals surface area contributed by atoms with Crippen LogP contribution < -0.4 is 5.32 Å². The van der Waals surface area contributed by atoms with Gasteiger partial charge in [0.25, 0.3) is 11.8 Å². The van der Waals surface area contributed by atoms with Crippen LogP contribution in [-0.2, 0) is 4.79 Å². The van der Waals surface area contributed by atoms with E-state index in [1.54, 1.807) is 24.3 Å². The Morgan fingerprint density at radius 1 is 1.06 bits per heavy atom. The van der Waals surface area contributed by atoms with Gasteiger partial charge in [-0.05, 0) is 36.8 Å². The zero-order chi connectivity index (χ0) is 23.8. The lowest BCUT2D eigenvalue weighted by Crippen LogP contribution is -2.33. The highest BCUT2D eigenvalue weighted by Gasteiger charge is 2.35. The van der Waals surface area contributed by atoms with Crippen LogP contribution in [0.2, 0.25) is 0 Å². The lowest BCUT2D eigenvalue weighted by molar-refractivity contribution is -0.116. The minimum absolute atomic E-state index is 0.0818. The van der Waals surface area contributed by atoms with Crippen molar-refractivity contribution in [3.8, 4) is 11.9 Å². The first-order chi connectivity index (χ1) is 16.5. The molecule has 2 aromatic heterocycles. The molecule has 1 N–H and O–H groups in total. The molecular weight excluding hydrogens is 432 g/mol. The number of nitriles is 1. The summed E-state index contributed by atoms with van der Waals surface area (Å²) in [5.41, 5.74) is 2.56.